The summed E-state index contributed by atoms with van der Waals surface area (Å²) in [4.78, 5) is 40.8. The summed E-state index contributed by atoms with van der Waals surface area (Å²) in [7, 11) is 0. The Morgan fingerprint density at radius 1 is 0.203 bits per heavy atom. The summed E-state index contributed by atoms with van der Waals surface area (Å²) in [6.45, 7) is 0. The van der Waals surface area contributed by atoms with Crippen molar-refractivity contribution in [3.8, 4) is 73.9 Å². The van der Waals surface area contributed by atoms with E-state index in [4.69, 9.17) is 29.9 Å². The summed E-state index contributed by atoms with van der Waals surface area (Å²) in [5.41, 5.74) is 20.3. The molecule has 0 atom stereocenters. The number of para-hydroxylation sites is 1. The summed E-state index contributed by atoms with van der Waals surface area (Å²) in [5, 5.41) is 24.7. The summed E-state index contributed by atoms with van der Waals surface area (Å²) >= 11 is 11.0. The van der Waals surface area contributed by atoms with Crippen LogP contribution < -0.4 is 0 Å². The van der Waals surface area contributed by atoms with Gasteiger partial charge >= 0.3 is 0 Å². The predicted molar refractivity (Wildman–Crippen MR) is 519 cm³/mol. The highest BCUT2D eigenvalue weighted by Crippen LogP contribution is 2.55. The van der Waals surface area contributed by atoms with Crippen molar-refractivity contribution in [1.82, 2.24) is 43.6 Å². The van der Waals surface area contributed by atoms with Gasteiger partial charge in [0.2, 0.25) is 17.8 Å². The van der Waals surface area contributed by atoms with Gasteiger partial charge in [-0.2, -0.15) is 0 Å². The zero-order valence-corrected chi connectivity index (χ0v) is 69.5. The normalized spacial score (nSPS) is 13.1. The fourth-order valence-corrected chi connectivity index (χ4v) is 28.0. The maximum Gasteiger partial charge on any atom is 0.235 e. The van der Waals surface area contributed by atoms with Gasteiger partial charge in [-0.15, -0.1) is 34.0 Å². The lowest BCUT2D eigenvalue weighted by Gasteiger charge is -2.20. The predicted octanol–water partition coefficient (Wildman–Crippen LogP) is 31.1. The number of aromatic nitrogens is 9. The monoisotopic (exact) mass is 1670 g/mol. The molecule has 566 valence electrons. The van der Waals surface area contributed by atoms with E-state index in [1.165, 1.54) is 150 Å². The van der Waals surface area contributed by atoms with E-state index in [2.05, 4.69) is 335 Å². The molecule has 9 aromatic heterocycles. The second-order valence-corrected chi connectivity index (χ2v) is 39.0. The Balaban J connectivity index is 0.584. The Morgan fingerprint density at radius 2 is 0.618 bits per heavy atom. The van der Waals surface area contributed by atoms with Crippen LogP contribution in [0.2, 0.25) is 0 Å². The number of hydrogen-bond acceptors (Lipinski definition) is 12. The second kappa shape index (κ2) is 24.4. The fraction of sp³-hybridized carbons (Fsp3) is 0. The molecular weight excluding hydrogens is 1620 g/mol. The third-order valence-corrected chi connectivity index (χ3v) is 33.3. The molecular formula is C108H53N9S6. The van der Waals surface area contributed by atoms with Crippen molar-refractivity contribution in [1.29, 1.82) is 0 Å². The maximum atomic E-state index is 5.80. The molecule has 3 aliphatic rings. The van der Waals surface area contributed by atoms with Crippen LogP contribution in [0.25, 0.3) is 265 Å². The first kappa shape index (κ1) is 66.6. The van der Waals surface area contributed by atoms with Crippen LogP contribution in [-0.2, 0) is 0 Å². The number of nitrogens with zero attached hydrogens (tertiary/aromatic N) is 9. The van der Waals surface area contributed by atoms with E-state index in [1.54, 1.807) is 35.3 Å². The third-order valence-electron chi connectivity index (χ3n) is 26.3. The van der Waals surface area contributed by atoms with Gasteiger partial charge < -0.3 is 0 Å². The molecule has 27 aromatic rings. The van der Waals surface area contributed by atoms with Crippen molar-refractivity contribution in [2.24, 2.45) is 0 Å². The van der Waals surface area contributed by atoms with E-state index in [0.717, 1.165) is 127 Å². The smallest absolute Gasteiger partial charge is 0.235 e. The number of thiophene rings is 3. The minimum Gasteiger partial charge on any atom is -0.277 e. The molecule has 0 amide bonds. The molecule has 0 saturated carbocycles. The molecule has 0 bridgehead atoms. The molecule has 30 rings (SSSR count). The van der Waals surface area contributed by atoms with Gasteiger partial charge in [0.1, 0.15) is 0 Å². The van der Waals surface area contributed by atoms with Crippen LogP contribution in [0.4, 0.5) is 0 Å². The van der Waals surface area contributed by atoms with E-state index in [0.29, 0.717) is 17.8 Å². The number of benzene rings is 18. The molecule has 12 heterocycles. The Morgan fingerprint density at radius 3 is 1.28 bits per heavy atom. The summed E-state index contributed by atoms with van der Waals surface area (Å²) in [6.07, 6.45) is 0. The van der Waals surface area contributed by atoms with E-state index >= 15 is 0 Å². The topological polar surface area (TPSA) is 92.1 Å². The van der Waals surface area contributed by atoms with Crippen LogP contribution in [0.5, 0.6) is 0 Å². The molecule has 0 N–H and O–H groups in total. The van der Waals surface area contributed by atoms with Crippen molar-refractivity contribution in [2.75, 3.05) is 0 Å². The largest absolute Gasteiger partial charge is 0.277 e. The summed E-state index contributed by atoms with van der Waals surface area (Å²) in [6, 6.07) is 119. The highest BCUT2D eigenvalue weighted by atomic mass is 32.2. The van der Waals surface area contributed by atoms with Crippen LogP contribution in [0, 0.1) is 0 Å². The molecule has 0 unspecified atom stereocenters. The van der Waals surface area contributed by atoms with Crippen LogP contribution in [0.1, 0.15) is 0 Å². The lowest BCUT2D eigenvalue weighted by molar-refractivity contribution is 1.01. The lowest BCUT2D eigenvalue weighted by atomic mass is 9.98. The first-order chi connectivity index (χ1) is 60.9. The zero-order valence-electron chi connectivity index (χ0n) is 64.6. The summed E-state index contributed by atoms with van der Waals surface area (Å²) < 4.78 is 14.5. The van der Waals surface area contributed by atoms with Crippen molar-refractivity contribution in [3.05, 3.63) is 322 Å². The van der Waals surface area contributed by atoms with Gasteiger partial charge in [0.05, 0.1) is 71.4 Å². The van der Waals surface area contributed by atoms with Gasteiger partial charge in [-0.1, -0.05) is 266 Å². The van der Waals surface area contributed by atoms with Crippen LogP contribution in [0.15, 0.2) is 351 Å². The molecule has 0 spiro atoms. The molecule has 9 nitrogen and oxygen atoms in total. The van der Waals surface area contributed by atoms with Crippen LogP contribution in [-0.4, -0.2) is 43.6 Å². The molecule has 3 aliphatic heterocycles. The van der Waals surface area contributed by atoms with E-state index < -0.39 is 0 Å². The first-order valence-corrected chi connectivity index (χ1v) is 46.1. The van der Waals surface area contributed by atoms with Crippen molar-refractivity contribution in [2.45, 2.75) is 29.4 Å². The van der Waals surface area contributed by atoms with E-state index in [9.17, 15) is 0 Å². The molecule has 123 heavy (non-hydrogen) atoms. The minimum absolute atomic E-state index is 0.641. The van der Waals surface area contributed by atoms with Crippen molar-refractivity contribution >= 4 is 260 Å². The zero-order chi connectivity index (χ0) is 79.4. The number of hydrogen-bond donors (Lipinski definition) is 0. The van der Waals surface area contributed by atoms with Gasteiger partial charge in [0.25, 0.3) is 0 Å². The Hall–Kier alpha value is -14.1. The lowest BCUT2D eigenvalue weighted by Crippen LogP contribution is -2.06. The van der Waals surface area contributed by atoms with E-state index in [-0.39, 0.29) is 0 Å². The minimum atomic E-state index is 0.641. The highest BCUT2D eigenvalue weighted by molar-refractivity contribution is 8.00. The highest BCUT2D eigenvalue weighted by Gasteiger charge is 2.32. The van der Waals surface area contributed by atoms with Crippen LogP contribution >= 0.6 is 69.3 Å². The average Bonchev–Trinajstić information content (AvgIpc) is 1.57. The quantitative estimate of drug-likeness (QED) is 0.167. The van der Waals surface area contributed by atoms with Gasteiger partial charge in [-0.25, -0.2) is 29.9 Å². The Kier molecular flexibility index (Phi) is 13.2. The standard InChI is InChI=1S/C108H53N9S6/c1-2-16-58-54(15-1)33-39-67-68-43-47-72-77-51-55(36-49-86(77)121-105(72)102(68)117(99(58)67)108-111-80-25-14-32-89-95(80)98(114-108)75-20-6-10-29-85(75)120-89)56-34-38-62-70-45-44-69-71(104(70)123-91(62)53-56)46-42-65-61-37-35-57(52-82(61)116(101(65)69)107-110-79-24-13-31-88-94(79)97(113-107)74-19-5-9-28-84(74)119-88)59-21-11-22-76-92-63-40-41-64-60-17-3-7-26-81(60)115(100(64)66(63)48-50-90(92)122-103(59)76)106-109-78-23-12-30-87-93(78)96(112-106)73-18-4-8-27-83(73)118-87/h1-53H. The van der Waals surface area contributed by atoms with Crippen molar-refractivity contribution < 1.29 is 0 Å². The van der Waals surface area contributed by atoms with Gasteiger partial charge in [0.15, 0.2) is 0 Å². The Bertz CT molecular complexity index is 9680. The van der Waals surface area contributed by atoms with Gasteiger partial charge in [-0.3, -0.25) is 13.7 Å². The average molecular weight is 1670 g/mol. The molecule has 0 radical (unpaired) electrons. The fourth-order valence-electron chi connectivity index (χ4n) is 20.9. The number of fused-ring (bicyclic) bond motifs is 33. The molecule has 0 fully saturated rings. The molecule has 0 aliphatic carbocycles. The maximum absolute atomic E-state index is 5.80. The molecule has 15 heteroatoms. The van der Waals surface area contributed by atoms with Gasteiger partial charge in [-0.05, 0) is 124 Å². The third kappa shape index (κ3) is 9.03. The van der Waals surface area contributed by atoms with Crippen molar-refractivity contribution in [3.63, 3.8) is 0 Å². The van der Waals surface area contributed by atoms with Crippen LogP contribution in [0.3, 0.4) is 0 Å². The van der Waals surface area contributed by atoms with E-state index in [1.807, 2.05) is 34.0 Å². The first-order valence-electron chi connectivity index (χ1n) is 41.2. The molecule has 18 aromatic carbocycles. The summed E-state index contributed by atoms with van der Waals surface area (Å²) in [5.74, 6) is 1.98. The molecule has 0 saturated heterocycles. The second-order valence-electron chi connectivity index (χ2n) is 32.5. The Labute approximate surface area is 722 Å². The number of rotatable bonds is 5. The SMILES string of the molecule is c1ccc2c(c1)Sc1cccc3nc(-n4c5cc(-c6cccc7c6sc6ccc8c(ccc9c%10ccccc%10n(-c%10nc%11c%12c(cccc%12n%10)Sc%10ccccc%10-%11)c89)c67)ccc5c5ccc6c(ccc7c8ccc(-c9ccc%10sc%11c(ccc%12c%13ccc%14ccccc%14c%13n(-c%13nc%14c%15c(cccc%15n%13)Sc%13ccccc%13-%14)c%12%11)c%10c9)cc8sc76)c54)nc-2c13. The van der Waals surface area contributed by atoms with Gasteiger partial charge in [0, 0.05) is 172 Å².